The Labute approximate surface area is 115 Å². The second-order valence-electron chi connectivity index (χ2n) is 5.09. The molecule has 0 spiro atoms. The lowest BCUT2D eigenvalue weighted by molar-refractivity contribution is -0.00461. The van der Waals surface area contributed by atoms with Crippen LogP contribution in [0.3, 0.4) is 0 Å². The summed E-state index contributed by atoms with van der Waals surface area (Å²) >= 11 is 0. The molecule has 2 unspecified atom stereocenters. The Morgan fingerprint density at radius 1 is 1.16 bits per heavy atom. The normalized spacial score (nSPS) is 23.9. The molecule has 4 heteroatoms. The van der Waals surface area contributed by atoms with Crippen molar-refractivity contribution in [3.8, 4) is 0 Å². The topological polar surface area (TPSA) is 33.7 Å². The predicted molar refractivity (Wildman–Crippen MR) is 76.1 cm³/mol. The zero-order valence-electron chi connectivity index (χ0n) is 12.1. The molecular formula is C15H24N2O2. The molecule has 1 fully saturated rings. The fourth-order valence-corrected chi connectivity index (χ4v) is 2.70. The van der Waals surface area contributed by atoms with E-state index < -0.39 is 0 Å². The lowest BCUT2D eigenvalue weighted by atomic mass is 10.1. The van der Waals surface area contributed by atoms with Gasteiger partial charge in [0.1, 0.15) is 0 Å². The third kappa shape index (κ3) is 3.76. The molecule has 2 atom stereocenters. The van der Waals surface area contributed by atoms with Gasteiger partial charge in [0.25, 0.3) is 0 Å². The Morgan fingerprint density at radius 3 is 2.37 bits per heavy atom. The number of benzene rings is 1. The van der Waals surface area contributed by atoms with E-state index in [4.69, 9.17) is 9.47 Å². The summed E-state index contributed by atoms with van der Waals surface area (Å²) in [6.07, 6.45) is 0.371. The molecule has 1 N–H and O–H groups in total. The van der Waals surface area contributed by atoms with Gasteiger partial charge >= 0.3 is 0 Å². The van der Waals surface area contributed by atoms with Crippen LogP contribution in [0.5, 0.6) is 0 Å². The van der Waals surface area contributed by atoms with Crippen LogP contribution in [0.25, 0.3) is 0 Å². The first-order valence-corrected chi connectivity index (χ1v) is 6.77. The van der Waals surface area contributed by atoms with Crippen LogP contribution in [0.4, 0.5) is 0 Å². The molecule has 0 aromatic heterocycles. The lowest BCUT2D eigenvalue weighted by Crippen LogP contribution is -2.27. The van der Waals surface area contributed by atoms with Crippen molar-refractivity contribution in [2.75, 3.05) is 34.4 Å². The Balaban J connectivity index is 1.96. The largest absolute Gasteiger partial charge is 0.377 e. The maximum Gasteiger partial charge on any atom is 0.0971 e. The van der Waals surface area contributed by atoms with E-state index >= 15 is 0 Å². The molecule has 1 aromatic carbocycles. The highest BCUT2D eigenvalue weighted by Gasteiger charge is 2.32. The summed E-state index contributed by atoms with van der Waals surface area (Å²) in [4.78, 5) is 2.39. The van der Waals surface area contributed by atoms with Crippen molar-refractivity contribution >= 4 is 0 Å². The summed E-state index contributed by atoms with van der Waals surface area (Å²) in [7, 11) is 5.49. The van der Waals surface area contributed by atoms with E-state index in [0.29, 0.717) is 0 Å². The summed E-state index contributed by atoms with van der Waals surface area (Å²) in [5.74, 6) is 0. The fourth-order valence-electron chi connectivity index (χ4n) is 2.70. The van der Waals surface area contributed by atoms with Crippen molar-refractivity contribution in [2.24, 2.45) is 0 Å². The van der Waals surface area contributed by atoms with Gasteiger partial charge in [0, 0.05) is 40.4 Å². The Kier molecular flexibility index (Phi) is 5.34. The first-order chi connectivity index (χ1) is 9.26. The fraction of sp³-hybridized carbons (Fsp3) is 0.600. The predicted octanol–water partition coefficient (Wildman–Crippen LogP) is 1.25. The summed E-state index contributed by atoms with van der Waals surface area (Å²) in [6.45, 7) is 3.74. The molecule has 0 radical (unpaired) electrons. The SMILES string of the molecule is CNCc1cccc(CN2CC(OC)C(OC)C2)c1. The van der Waals surface area contributed by atoms with Gasteiger partial charge in [-0.1, -0.05) is 24.3 Å². The lowest BCUT2D eigenvalue weighted by Gasteiger charge is -2.15. The first-order valence-electron chi connectivity index (χ1n) is 6.77. The average molecular weight is 264 g/mol. The van der Waals surface area contributed by atoms with Crippen molar-refractivity contribution in [1.29, 1.82) is 0 Å². The number of nitrogens with zero attached hydrogens (tertiary/aromatic N) is 1. The number of likely N-dealkylation sites (tertiary alicyclic amines) is 1. The Hall–Kier alpha value is -0.940. The number of hydrogen-bond donors (Lipinski definition) is 1. The zero-order chi connectivity index (χ0) is 13.7. The molecule has 0 aliphatic carbocycles. The number of methoxy groups -OCH3 is 2. The Morgan fingerprint density at radius 2 is 1.79 bits per heavy atom. The van der Waals surface area contributed by atoms with Crippen molar-refractivity contribution in [1.82, 2.24) is 10.2 Å². The van der Waals surface area contributed by atoms with Gasteiger partial charge in [-0.2, -0.15) is 0 Å². The highest BCUT2D eigenvalue weighted by Crippen LogP contribution is 2.18. The van der Waals surface area contributed by atoms with Gasteiger partial charge in [0.05, 0.1) is 12.2 Å². The number of rotatable bonds is 6. The van der Waals surface area contributed by atoms with Gasteiger partial charge in [-0.05, 0) is 18.2 Å². The van der Waals surface area contributed by atoms with Crippen LogP contribution in [0, 0.1) is 0 Å². The molecular weight excluding hydrogens is 240 g/mol. The molecule has 0 amide bonds. The first kappa shape index (κ1) is 14.5. The molecule has 1 aliphatic heterocycles. The number of hydrogen-bond acceptors (Lipinski definition) is 4. The second kappa shape index (κ2) is 7.01. The highest BCUT2D eigenvalue weighted by molar-refractivity contribution is 5.23. The zero-order valence-corrected chi connectivity index (χ0v) is 12.1. The summed E-state index contributed by atoms with van der Waals surface area (Å²) in [5, 5.41) is 3.18. The minimum absolute atomic E-state index is 0.186. The van der Waals surface area contributed by atoms with Crippen molar-refractivity contribution in [3.63, 3.8) is 0 Å². The van der Waals surface area contributed by atoms with Crippen molar-refractivity contribution in [2.45, 2.75) is 25.3 Å². The number of ether oxygens (including phenoxy) is 2. The third-order valence-electron chi connectivity index (χ3n) is 3.67. The van der Waals surface area contributed by atoms with Crippen molar-refractivity contribution < 1.29 is 9.47 Å². The van der Waals surface area contributed by atoms with Crippen LogP contribution >= 0.6 is 0 Å². The van der Waals surface area contributed by atoms with Gasteiger partial charge in [-0.15, -0.1) is 0 Å². The standard InChI is InChI=1S/C15H24N2O2/c1-16-8-12-5-4-6-13(7-12)9-17-10-14(18-2)15(11-17)19-3/h4-7,14-16H,8-11H2,1-3H3. The molecule has 1 heterocycles. The van der Waals surface area contributed by atoms with Crippen LogP contribution in [-0.2, 0) is 22.6 Å². The molecule has 2 rings (SSSR count). The van der Waals surface area contributed by atoms with E-state index in [-0.39, 0.29) is 12.2 Å². The van der Waals surface area contributed by atoms with Crippen LogP contribution < -0.4 is 5.32 Å². The number of nitrogens with one attached hydrogen (secondary N) is 1. The van der Waals surface area contributed by atoms with Gasteiger partial charge in [-0.3, -0.25) is 4.90 Å². The molecule has 0 bridgehead atoms. The van der Waals surface area contributed by atoms with Crippen molar-refractivity contribution in [3.05, 3.63) is 35.4 Å². The van der Waals surface area contributed by atoms with E-state index in [1.165, 1.54) is 11.1 Å². The van der Waals surface area contributed by atoms with Crippen LogP contribution in [0.2, 0.25) is 0 Å². The second-order valence-corrected chi connectivity index (χ2v) is 5.09. The maximum atomic E-state index is 5.47. The van der Waals surface area contributed by atoms with Gasteiger partial charge in [-0.25, -0.2) is 0 Å². The maximum absolute atomic E-state index is 5.47. The average Bonchev–Trinajstić information content (AvgIpc) is 2.81. The summed E-state index contributed by atoms with van der Waals surface area (Å²) in [6, 6.07) is 8.72. The highest BCUT2D eigenvalue weighted by atomic mass is 16.5. The molecule has 106 valence electrons. The van der Waals surface area contributed by atoms with Gasteiger partial charge in [0.2, 0.25) is 0 Å². The van der Waals surface area contributed by atoms with Crippen LogP contribution in [0.15, 0.2) is 24.3 Å². The van der Waals surface area contributed by atoms with E-state index in [9.17, 15) is 0 Å². The van der Waals surface area contributed by atoms with E-state index in [1.54, 1.807) is 14.2 Å². The van der Waals surface area contributed by atoms with Crippen LogP contribution in [0.1, 0.15) is 11.1 Å². The minimum atomic E-state index is 0.186. The van der Waals surface area contributed by atoms with Crippen LogP contribution in [-0.4, -0.2) is 51.5 Å². The monoisotopic (exact) mass is 264 g/mol. The van der Waals surface area contributed by atoms with E-state index in [1.807, 2.05) is 7.05 Å². The minimum Gasteiger partial charge on any atom is -0.377 e. The quantitative estimate of drug-likeness (QED) is 0.838. The molecule has 19 heavy (non-hydrogen) atoms. The summed E-state index contributed by atoms with van der Waals surface area (Å²) < 4.78 is 10.9. The molecule has 1 saturated heterocycles. The molecule has 1 aromatic rings. The molecule has 4 nitrogen and oxygen atoms in total. The molecule has 0 saturated carbocycles. The van der Waals surface area contributed by atoms with Gasteiger partial charge < -0.3 is 14.8 Å². The molecule has 1 aliphatic rings. The Bertz CT molecular complexity index is 385. The van der Waals surface area contributed by atoms with E-state index in [2.05, 4.69) is 34.5 Å². The smallest absolute Gasteiger partial charge is 0.0971 e. The third-order valence-corrected chi connectivity index (χ3v) is 3.67. The van der Waals surface area contributed by atoms with E-state index in [0.717, 1.165) is 26.2 Å². The van der Waals surface area contributed by atoms with Gasteiger partial charge in [0.15, 0.2) is 0 Å². The summed E-state index contributed by atoms with van der Waals surface area (Å²) in [5.41, 5.74) is 2.67.